The van der Waals surface area contributed by atoms with Gasteiger partial charge in [-0.1, -0.05) is 24.6 Å². The molecule has 1 aliphatic rings. The van der Waals surface area contributed by atoms with E-state index in [1.165, 1.54) is 5.56 Å². The number of β-amino-alcohol motifs (C(OH)–C–C–N with tert-alkyl or cyclic N) is 1. The van der Waals surface area contributed by atoms with Gasteiger partial charge >= 0.3 is 0 Å². The van der Waals surface area contributed by atoms with E-state index in [4.69, 9.17) is 4.74 Å². The molecule has 1 aromatic carbocycles. The molecule has 24 heavy (non-hydrogen) atoms. The minimum Gasteiger partial charge on any atom is -0.491 e. The number of hydrogen-bond donors (Lipinski definition) is 2. The van der Waals surface area contributed by atoms with Crippen LogP contribution in [-0.2, 0) is 4.79 Å². The molecular weight excluding hydrogens is 304 g/mol. The fourth-order valence-electron chi connectivity index (χ4n) is 2.95. The number of piperidine rings is 1. The van der Waals surface area contributed by atoms with E-state index in [0.717, 1.165) is 44.6 Å². The Kier molecular flexibility index (Phi) is 7.53. The lowest BCUT2D eigenvalue weighted by Crippen LogP contribution is -2.44. The Morgan fingerprint density at radius 1 is 1.33 bits per heavy atom. The first-order valence-electron chi connectivity index (χ1n) is 8.96. The summed E-state index contributed by atoms with van der Waals surface area (Å²) in [6.45, 7) is 7.44. The lowest BCUT2D eigenvalue weighted by atomic mass is 9.95. The topological polar surface area (TPSA) is 61.8 Å². The maximum Gasteiger partial charge on any atom is 0.223 e. The summed E-state index contributed by atoms with van der Waals surface area (Å²) < 4.78 is 5.63. The fourth-order valence-corrected chi connectivity index (χ4v) is 2.95. The van der Waals surface area contributed by atoms with Crippen LogP contribution in [-0.4, -0.2) is 54.8 Å². The summed E-state index contributed by atoms with van der Waals surface area (Å²) >= 11 is 0. The Bertz CT molecular complexity index is 496. The number of nitrogens with zero attached hydrogens (tertiary/aromatic N) is 1. The first-order chi connectivity index (χ1) is 11.6. The van der Waals surface area contributed by atoms with Crippen molar-refractivity contribution in [3.05, 3.63) is 29.8 Å². The third-order valence-corrected chi connectivity index (χ3v) is 4.44. The SMILES string of the molecule is CCCNC(=O)C1CCN(CC(O)COc2ccc(C)cc2)CC1. The Labute approximate surface area is 145 Å². The van der Waals surface area contributed by atoms with Crippen molar-refractivity contribution in [2.45, 2.75) is 39.2 Å². The normalized spacial score (nSPS) is 17.5. The van der Waals surface area contributed by atoms with Crippen molar-refractivity contribution in [2.24, 2.45) is 5.92 Å². The molecule has 2 rings (SSSR count). The molecule has 0 aromatic heterocycles. The van der Waals surface area contributed by atoms with Crippen LogP contribution in [0.4, 0.5) is 0 Å². The molecular formula is C19H30N2O3. The molecule has 0 radical (unpaired) electrons. The van der Waals surface area contributed by atoms with E-state index in [1.807, 2.05) is 31.2 Å². The molecule has 0 aliphatic carbocycles. The van der Waals surface area contributed by atoms with Crippen molar-refractivity contribution >= 4 is 5.91 Å². The number of aryl methyl sites for hydroxylation is 1. The van der Waals surface area contributed by atoms with Gasteiger partial charge in [0.25, 0.3) is 0 Å². The monoisotopic (exact) mass is 334 g/mol. The van der Waals surface area contributed by atoms with Crippen molar-refractivity contribution in [3.8, 4) is 5.75 Å². The number of aliphatic hydroxyl groups is 1. The maximum atomic E-state index is 12.0. The third kappa shape index (κ3) is 6.13. The van der Waals surface area contributed by atoms with E-state index in [9.17, 15) is 9.90 Å². The second-order valence-electron chi connectivity index (χ2n) is 6.64. The summed E-state index contributed by atoms with van der Waals surface area (Å²) in [5.41, 5.74) is 1.19. The highest BCUT2D eigenvalue weighted by atomic mass is 16.5. The van der Waals surface area contributed by atoms with Crippen LogP contribution in [0.25, 0.3) is 0 Å². The number of amides is 1. The lowest BCUT2D eigenvalue weighted by molar-refractivity contribution is -0.126. The van der Waals surface area contributed by atoms with Gasteiger partial charge < -0.3 is 20.1 Å². The largest absolute Gasteiger partial charge is 0.491 e. The van der Waals surface area contributed by atoms with Crippen LogP contribution in [0.2, 0.25) is 0 Å². The molecule has 0 spiro atoms. The first kappa shape index (κ1) is 18.7. The van der Waals surface area contributed by atoms with Gasteiger partial charge in [0.05, 0.1) is 0 Å². The zero-order chi connectivity index (χ0) is 17.4. The zero-order valence-corrected chi connectivity index (χ0v) is 14.8. The van der Waals surface area contributed by atoms with Crippen LogP contribution in [0.1, 0.15) is 31.7 Å². The third-order valence-electron chi connectivity index (χ3n) is 4.44. The summed E-state index contributed by atoms with van der Waals surface area (Å²) in [4.78, 5) is 14.2. The van der Waals surface area contributed by atoms with Crippen LogP contribution in [0.5, 0.6) is 5.75 Å². The van der Waals surface area contributed by atoms with Crippen LogP contribution in [0.15, 0.2) is 24.3 Å². The van der Waals surface area contributed by atoms with E-state index in [2.05, 4.69) is 17.1 Å². The first-order valence-corrected chi connectivity index (χ1v) is 8.96. The van der Waals surface area contributed by atoms with E-state index >= 15 is 0 Å². The maximum absolute atomic E-state index is 12.0. The van der Waals surface area contributed by atoms with E-state index < -0.39 is 6.10 Å². The lowest BCUT2D eigenvalue weighted by Gasteiger charge is -2.32. The zero-order valence-electron chi connectivity index (χ0n) is 14.8. The van der Waals surface area contributed by atoms with Crippen molar-refractivity contribution in [1.82, 2.24) is 10.2 Å². The number of ether oxygens (including phenoxy) is 1. The van der Waals surface area contributed by atoms with Crippen molar-refractivity contribution in [2.75, 3.05) is 32.8 Å². The van der Waals surface area contributed by atoms with Gasteiger partial charge in [-0.05, 0) is 51.4 Å². The smallest absolute Gasteiger partial charge is 0.223 e. The predicted molar refractivity (Wildman–Crippen MR) is 95.1 cm³/mol. The number of hydrogen-bond acceptors (Lipinski definition) is 4. The number of benzene rings is 1. The van der Waals surface area contributed by atoms with Gasteiger partial charge in [0.15, 0.2) is 0 Å². The molecule has 0 saturated carbocycles. The molecule has 1 saturated heterocycles. The Morgan fingerprint density at radius 3 is 2.62 bits per heavy atom. The summed E-state index contributed by atoms with van der Waals surface area (Å²) in [5, 5.41) is 13.1. The molecule has 1 aromatic rings. The Balaban J connectivity index is 1.65. The molecule has 1 atom stereocenters. The van der Waals surface area contributed by atoms with Gasteiger partial charge in [0.1, 0.15) is 18.5 Å². The number of rotatable bonds is 8. The number of likely N-dealkylation sites (tertiary alicyclic amines) is 1. The summed E-state index contributed by atoms with van der Waals surface area (Å²) in [6.07, 6.45) is 2.18. The van der Waals surface area contributed by atoms with E-state index in [-0.39, 0.29) is 11.8 Å². The molecule has 1 fully saturated rings. The molecule has 1 amide bonds. The summed E-state index contributed by atoms with van der Waals surface area (Å²) in [6, 6.07) is 7.83. The number of aliphatic hydroxyl groups excluding tert-OH is 1. The van der Waals surface area contributed by atoms with Crippen molar-refractivity contribution in [1.29, 1.82) is 0 Å². The molecule has 1 heterocycles. The van der Waals surface area contributed by atoms with Gasteiger partial charge in [-0.2, -0.15) is 0 Å². The van der Waals surface area contributed by atoms with E-state index in [1.54, 1.807) is 0 Å². The highest BCUT2D eigenvalue weighted by molar-refractivity contribution is 5.78. The van der Waals surface area contributed by atoms with Gasteiger partial charge in [-0.25, -0.2) is 0 Å². The fraction of sp³-hybridized carbons (Fsp3) is 0.632. The highest BCUT2D eigenvalue weighted by Crippen LogP contribution is 2.18. The van der Waals surface area contributed by atoms with Gasteiger partial charge in [0.2, 0.25) is 5.91 Å². The standard InChI is InChI=1S/C19H30N2O3/c1-3-10-20-19(23)16-8-11-21(12-9-16)13-17(22)14-24-18-6-4-15(2)5-7-18/h4-7,16-17,22H,3,8-14H2,1-2H3,(H,20,23). The van der Waals surface area contributed by atoms with Crippen LogP contribution < -0.4 is 10.1 Å². The van der Waals surface area contributed by atoms with Gasteiger partial charge in [-0.3, -0.25) is 4.79 Å². The van der Waals surface area contributed by atoms with Crippen LogP contribution in [0.3, 0.4) is 0 Å². The second kappa shape index (κ2) is 9.64. The Hall–Kier alpha value is -1.59. The van der Waals surface area contributed by atoms with Gasteiger partial charge in [0, 0.05) is 19.0 Å². The molecule has 5 heteroatoms. The molecule has 0 bridgehead atoms. The average Bonchev–Trinajstić information content (AvgIpc) is 2.60. The molecule has 2 N–H and O–H groups in total. The predicted octanol–water partition coefficient (Wildman–Crippen LogP) is 1.97. The van der Waals surface area contributed by atoms with Crippen molar-refractivity contribution < 1.29 is 14.6 Å². The number of nitrogens with one attached hydrogen (secondary N) is 1. The minimum atomic E-state index is -0.517. The highest BCUT2D eigenvalue weighted by Gasteiger charge is 2.25. The average molecular weight is 334 g/mol. The second-order valence-corrected chi connectivity index (χ2v) is 6.64. The summed E-state index contributed by atoms with van der Waals surface area (Å²) in [5.74, 6) is 1.08. The quantitative estimate of drug-likeness (QED) is 0.763. The van der Waals surface area contributed by atoms with Gasteiger partial charge in [-0.15, -0.1) is 0 Å². The van der Waals surface area contributed by atoms with Crippen molar-refractivity contribution in [3.63, 3.8) is 0 Å². The number of carbonyl (C=O) groups excluding carboxylic acids is 1. The molecule has 134 valence electrons. The van der Waals surface area contributed by atoms with Crippen LogP contribution in [0, 0.1) is 12.8 Å². The number of carbonyl (C=O) groups is 1. The molecule has 1 unspecified atom stereocenters. The van der Waals surface area contributed by atoms with E-state index in [0.29, 0.717) is 13.2 Å². The minimum absolute atomic E-state index is 0.119. The Morgan fingerprint density at radius 2 is 2.00 bits per heavy atom. The van der Waals surface area contributed by atoms with Crippen LogP contribution >= 0.6 is 0 Å². The molecule has 1 aliphatic heterocycles. The molecule has 5 nitrogen and oxygen atoms in total. The summed E-state index contributed by atoms with van der Waals surface area (Å²) in [7, 11) is 0.